The van der Waals surface area contributed by atoms with Crippen LogP contribution in [0.3, 0.4) is 0 Å². The minimum atomic E-state index is -0.446. The van der Waals surface area contributed by atoms with E-state index in [1.165, 1.54) is 12.1 Å². The minimum Gasteiger partial charge on any atom is -0.390 e. The van der Waals surface area contributed by atoms with Gasteiger partial charge in [0.15, 0.2) is 0 Å². The second-order valence-corrected chi connectivity index (χ2v) is 7.18. The number of fused-ring (bicyclic) bond motifs is 1. The van der Waals surface area contributed by atoms with Gasteiger partial charge in [-0.3, -0.25) is 4.90 Å². The molecule has 6 heteroatoms. The van der Waals surface area contributed by atoms with Gasteiger partial charge >= 0.3 is 0 Å². The van der Waals surface area contributed by atoms with Gasteiger partial charge in [-0.05, 0) is 43.3 Å². The number of hydrogen-bond acceptors (Lipinski definition) is 4. The van der Waals surface area contributed by atoms with Gasteiger partial charge in [0.25, 0.3) is 0 Å². The maximum atomic E-state index is 13.1. The van der Waals surface area contributed by atoms with Gasteiger partial charge in [0, 0.05) is 38.4 Å². The summed E-state index contributed by atoms with van der Waals surface area (Å²) in [4.78, 5) is 9.12. The predicted octanol–water partition coefficient (Wildman–Crippen LogP) is 2.67. The highest BCUT2D eigenvalue weighted by Gasteiger charge is 2.20. The third kappa shape index (κ3) is 3.96. The number of nitrogens with zero attached hydrogens (tertiary/aromatic N) is 4. The Labute approximate surface area is 158 Å². The van der Waals surface area contributed by atoms with Crippen molar-refractivity contribution in [2.75, 3.05) is 37.6 Å². The summed E-state index contributed by atoms with van der Waals surface area (Å²) in [6, 6.07) is 14.7. The Hall–Kier alpha value is -2.44. The largest absolute Gasteiger partial charge is 0.390 e. The Morgan fingerprint density at radius 2 is 1.70 bits per heavy atom. The molecule has 0 aliphatic carbocycles. The van der Waals surface area contributed by atoms with Crippen LogP contribution in [0, 0.1) is 12.7 Å². The zero-order chi connectivity index (χ0) is 18.8. The molecule has 27 heavy (non-hydrogen) atoms. The Bertz CT molecular complexity index is 900. The van der Waals surface area contributed by atoms with Crippen LogP contribution in [-0.2, 0) is 6.54 Å². The highest BCUT2D eigenvalue weighted by atomic mass is 19.1. The fraction of sp³-hybridized carbons (Fsp3) is 0.381. The van der Waals surface area contributed by atoms with Crippen LogP contribution in [0.1, 0.15) is 5.82 Å². The van der Waals surface area contributed by atoms with Gasteiger partial charge in [-0.25, -0.2) is 9.37 Å². The molecule has 1 fully saturated rings. The van der Waals surface area contributed by atoms with E-state index in [0.717, 1.165) is 48.7 Å². The van der Waals surface area contributed by atoms with Crippen LogP contribution in [0.4, 0.5) is 10.1 Å². The SMILES string of the molecule is Cc1nc2ccccc2n1CC(O)CN1CCN(c2ccc(F)cc2)CC1. The van der Waals surface area contributed by atoms with Crippen molar-refractivity contribution in [2.24, 2.45) is 0 Å². The molecule has 1 aliphatic heterocycles. The van der Waals surface area contributed by atoms with Crippen LogP contribution < -0.4 is 4.90 Å². The number of hydrogen-bond donors (Lipinski definition) is 1. The van der Waals surface area contributed by atoms with Crippen molar-refractivity contribution >= 4 is 16.7 Å². The van der Waals surface area contributed by atoms with Crippen LogP contribution in [0.25, 0.3) is 11.0 Å². The first-order chi connectivity index (χ1) is 13.1. The summed E-state index contributed by atoms with van der Waals surface area (Å²) in [5.41, 5.74) is 3.09. The van der Waals surface area contributed by atoms with E-state index in [1.54, 1.807) is 0 Å². The van der Waals surface area contributed by atoms with Crippen molar-refractivity contribution in [1.82, 2.24) is 14.5 Å². The Morgan fingerprint density at radius 3 is 2.44 bits per heavy atom. The van der Waals surface area contributed by atoms with Crippen molar-refractivity contribution in [1.29, 1.82) is 0 Å². The fourth-order valence-electron chi connectivity index (χ4n) is 3.83. The predicted molar refractivity (Wildman–Crippen MR) is 106 cm³/mol. The number of imidazole rings is 1. The normalized spacial score (nSPS) is 16.8. The first kappa shape index (κ1) is 17.9. The molecule has 0 spiro atoms. The third-order valence-electron chi connectivity index (χ3n) is 5.27. The van der Waals surface area contributed by atoms with Crippen molar-refractivity contribution in [3.63, 3.8) is 0 Å². The van der Waals surface area contributed by atoms with Crippen LogP contribution in [0.2, 0.25) is 0 Å². The average molecular weight is 368 g/mol. The van der Waals surface area contributed by atoms with Gasteiger partial charge in [-0.15, -0.1) is 0 Å². The molecule has 142 valence electrons. The summed E-state index contributed by atoms with van der Waals surface area (Å²) in [6.45, 7) is 6.70. The molecule has 1 atom stereocenters. The number of aliphatic hydroxyl groups excluding tert-OH is 1. The van der Waals surface area contributed by atoms with E-state index >= 15 is 0 Å². The van der Waals surface area contributed by atoms with E-state index in [2.05, 4.69) is 19.4 Å². The van der Waals surface area contributed by atoms with Crippen LogP contribution in [0.5, 0.6) is 0 Å². The number of piperazine rings is 1. The molecule has 0 bridgehead atoms. The number of para-hydroxylation sites is 2. The topological polar surface area (TPSA) is 44.5 Å². The molecular formula is C21H25FN4O. The Balaban J connectivity index is 1.33. The number of aryl methyl sites for hydroxylation is 1. The molecule has 5 nitrogen and oxygen atoms in total. The monoisotopic (exact) mass is 368 g/mol. The average Bonchev–Trinajstić information content (AvgIpc) is 2.98. The molecule has 4 rings (SSSR count). The van der Waals surface area contributed by atoms with Crippen molar-refractivity contribution in [3.05, 3.63) is 60.2 Å². The molecule has 3 aromatic rings. The highest BCUT2D eigenvalue weighted by Crippen LogP contribution is 2.18. The van der Waals surface area contributed by atoms with Crippen LogP contribution in [0.15, 0.2) is 48.5 Å². The lowest BCUT2D eigenvalue weighted by atomic mass is 10.2. The van der Waals surface area contributed by atoms with E-state index < -0.39 is 6.10 Å². The molecule has 1 unspecified atom stereocenters. The van der Waals surface area contributed by atoms with Gasteiger partial charge in [0.05, 0.1) is 23.7 Å². The lowest BCUT2D eigenvalue weighted by Crippen LogP contribution is -2.49. The Morgan fingerprint density at radius 1 is 1.00 bits per heavy atom. The molecular weight excluding hydrogens is 343 g/mol. The molecule has 0 amide bonds. The van der Waals surface area contributed by atoms with Gasteiger partial charge in [0.2, 0.25) is 0 Å². The summed E-state index contributed by atoms with van der Waals surface area (Å²) in [6.07, 6.45) is -0.446. The maximum absolute atomic E-state index is 13.1. The molecule has 2 aromatic carbocycles. The van der Waals surface area contributed by atoms with Crippen LogP contribution >= 0.6 is 0 Å². The molecule has 1 aromatic heterocycles. The lowest BCUT2D eigenvalue weighted by Gasteiger charge is -2.37. The lowest BCUT2D eigenvalue weighted by molar-refractivity contribution is 0.0954. The van der Waals surface area contributed by atoms with Gasteiger partial charge in [-0.2, -0.15) is 0 Å². The summed E-state index contributed by atoms with van der Waals surface area (Å²) >= 11 is 0. The van der Waals surface area contributed by atoms with E-state index in [0.29, 0.717) is 13.1 Å². The summed E-state index contributed by atoms with van der Waals surface area (Å²) in [5.74, 6) is 0.721. The second kappa shape index (κ2) is 7.66. The van der Waals surface area contributed by atoms with E-state index in [-0.39, 0.29) is 5.82 Å². The second-order valence-electron chi connectivity index (χ2n) is 7.18. The molecule has 1 N–H and O–H groups in total. The molecule has 0 radical (unpaired) electrons. The molecule has 0 saturated carbocycles. The Kier molecular flexibility index (Phi) is 5.09. The molecule has 1 aliphatic rings. The molecule has 2 heterocycles. The van der Waals surface area contributed by atoms with E-state index in [1.807, 2.05) is 43.3 Å². The number of halogens is 1. The smallest absolute Gasteiger partial charge is 0.123 e. The van der Waals surface area contributed by atoms with Gasteiger partial charge < -0.3 is 14.6 Å². The first-order valence-electron chi connectivity index (χ1n) is 9.43. The highest BCUT2D eigenvalue weighted by molar-refractivity contribution is 5.75. The zero-order valence-corrected chi connectivity index (χ0v) is 15.6. The summed E-state index contributed by atoms with van der Waals surface area (Å²) in [7, 11) is 0. The number of benzene rings is 2. The number of aliphatic hydroxyl groups is 1. The van der Waals surface area contributed by atoms with E-state index in [4.69, 9.17) is 0 Å². The number of aromatic nitrogens is 2. The zero-order valence-electron chi connectivity index (χ0n) is 15.6. The van der Waals surface area contributed by atoms with Crippen molar-refractivity contribution in [2.45, 2.75) is 19.6 Å². The third-order valence-corrected chi connectivity index (χ3v) is 5.27. The summed E-state index contributed by atoms with van der Waals surface area (Å²) < 4.78 is 15.2. The quantitative estimate of drug-likeness (QED) is 0.752. The minimum absolute atomic E-state index is 0.206. The maximum Gasteiger partial charge on any atom is 0.123 e. The van der Waals surface area contributed by atoms with Crippen molar-refractivity contribution < 1.29 is 9.50 Å². The molecule has 1 saturated heterocycles. The van der Waals surface area contributed by atoms with E-state index in [9.17, 15) is 9.50 Å². The summed E-state index contributed by atoms with van der Waals surface area (Å²) in [5, 5.41) is 10.6. The number of β-amino-alcohol motifs (C(OH)–C–C–N with tert-alkyl or cyclic N) is 1. The first-order valence-corrected chi connectivity index (χ1v) is 9.43. The van der Waals surface area contributed by atoms with Crippen LogP contribution in [-0.4, -0.2) is 58.4 Å². The fourth-order valence-corrected chi connectivity index (χ4v) is 3.83. The number of anilines is 1. The standard InChI is InChI=1S/C21H25FN4O/c1-16-23-20-4-2-3-5-21(20)26(16)15-19(27)14-24-10-12-25(13-11-24)18-8-6-17(22)7-9-18/h2-9,19,27H,10-15H2,1H3. The van der Waals surface area contributed by atoms with Gasteiger partial charge in [0.1, 0.15) is 11.6 Å². The number of rotatable bonds is 5. The van der Waals surface area contributed by atoms with Crippen molar-refractivity contribution in [3.8, 4) is 0 Å². The van der Waals surface area contributed by atoms with Gasteiger partial charge in [-0.1, -0.05) is 12.1 Å².